The highest BCUT2D eigenvalue weighted by Crippen LogP contribution is 2.19. The van der Waals surface area contributed by atoms with Crippen molar-refractivity contribution in [2.45, 2.75) is 32.2 Å². The summed E-state index contributed by atoms with van der Waals surface area (Å²) in [5, 5.41) is 3.69. The summed E-state index contributed by atoms with van der Waals surface area (Å²) in [5.74, 6) is 1.84. The maximum Gasteiger partial charge on any atom is 0.251 e. The van der Waals surface area contributed by atoms with Gasteiger partial charge in [0.05, 0.1) is 17.6 Å². The number of hydrogen-bond acceptors (Lipinski definition) is 3. The minimum Gasteiger partial charge on any atom is -0.492 e. The Bertz CT molecular complexity index is 1220. The van der Waals surface area contributed by atoms with Gasteiger partial charge in [-0.05, 0) is 73.5 Å². The lowest BCUT2D eigenvalue weighted by Crippen LogP contribution is -2.24. The third-order valence-electron chi connectivity index (χ3n) is 5.60. The van der Waals surface area contributed by atoms with Crippen molar-refractivity contribution in [2.75, 3.05) is 13.2 Å². The van der Waals surface area contributed by atoms with E-state index < -0.39 is 0 Å². The third-order valence-corrected chi connectivity index (χ3v) is 6.38. The van der Waals surface area contributed by atoms with Crippen molar-refractivity contribution in [1.29, 1.82) is 0 Å². The average Bonchev–Trinajstić information content (AvgIpc) is 3.20. The third kappa shape index (κ3) is 6.61. The van der Waals surface area contributed by atoms with Crippen LogP contribution >= 0.6 is 27.5 Å². The molecule has 4 rings (SSSR count). The zero-order valence-electron chi connectivity index (χ0n) is 18.8. The number of ether oxygens (including phenoxy) is 1. The summed E-state index contributed by atoms with van der Waals surface area (Å²) in [5.41, 5.74) is 2.81. The first kappa shape index (κ1) is 24.3. The second-order valence-electron chi connectivity index (χ2n) is 8.04. The molecule has 0 spiro atoms. The molecule has 34 heavy (non-hydrogen) atoms. The summed E-state index contributed by atoms with van der Waals surface area (Å²) in [6.07, 6.45) is 3.85. The molecular formula is C27H27BrClN3O2. The summed E-state index contributed by atoms with van der Waals surface area (Å²) in [7, 11) is 0. The molecule has 0 atom stereocenters. The Morgan fingerprint density at radius 1 is 0.971 bits per heavy atom. The number of hydrogen-bond donors (Lipinski definition) is 1. The molecule has 0 saturated heterocycles. The van der Waals surface area contributed by atoms with Crippen LogP contribution in [0.2, 0.25) is 5.02 Å². The molecule has 1 heterocycles. The maximum atomic E-state index is 12.2. The predicted molar refractivity (Wildman–Crippen MR) is 141 cm³/mol. The molecule has 5 nitrogen and oxygen atoms in total. The number of unbranched alkanes of at least 4 members (excludes halogenated alkanes) is 2. The Hall–Kier alpha value is -2.83. The van der Waals surface area contributed by atoms with Gasteiger partial charge in [0.1, 0.15) is 18.2 Å². The van der Waals surface area contributed by atoms with E-state index in [2.05, 4.69) is 31.9 Å². The largest absolute Gasteiger partial charge is 0.492 e. The minimum atomic E-state index is -0.0324. The number of amides is 1. The number of aryl methyl sites for hydroxylation is 1. The molecule has 1 N–H and O–H groups in total. The lowest BCUT2D eigenvalue weighted by atomic mass is 10.1. The van der Waals surface area contributed by atoms with E-state index in [9.17, 15) is 4.79 Å². The number of para-hydroxylation sites is 2. The van der Waals surface area contributed by atoms with Crippen molar-refractivity contribution in [2.24, 2.45) is 0 Å². The number of nitrogens with one attached hydrogen (secondary N) is 1. The van der Waals surface area contributed by atoms with Gasteiger partial charge in [-0.15, -0.1) is 0 Å². The van der Waals surface area contributed by atoms with E-state index >= 15 is 0 Å². The van der Waals surface area contributed by atoms with Gasteiger partial charge in [-0.2, -0.15) is 0 Å². The summed E-state index contributed by atoms with van der Waals surface area (Å²) in [4.78, 5) is 17.1. The molecule has 0 aliphatic heterocycles. The first-order valence-corrected chi connectivity index (χ1v) is 12.6. The number of carbonyl (C=O) groups is 1. The Labute approximate surface area is 213 Å². The molecule has 1 aromatic heterocycles. The van der Waals surface area contributed by atoms with E-state index in [0.717, 1.165) is 59.3 Å². The van der Waals surface area contributed by atoms with E-state index in [0.29, 0.717) is 23.7 Å². The molecule has 4 aromatic rings. The van der Waals surface area contributed by atoms with Gasteiger partial charge in [0.2, 0.25) is 0 Å². The van der Waals surface area contributed by atoms with Crippen LogP contribution in [-0.4, -0.2) is 28.6 Å². The zero-order chi connectivity index (χ0) is 23.8. The van der Waals surface area contributed by atoms with Crippen LogP contribution < -0.4 is 10.1 Å². The maximum absolute atomic E-state index is 12.2. The van der Waals surface area contributed by atoms with E-state index in [1.54, 1.807) is 0 Å². The van der Waals surface area contributed by atoms with Crippen LogP contribution in [0.5, 0.6) is 5.75 Å². The van der Waals surface area contributed by atoms with Crippen molar-refractivity contribution in [3.8, 4) is 5.75 Å². The number of carbonyl (C=O) groups excluding carboxylic acids is 1. The fourth-order valence-electron chi connectivity index (χ4n) is 3.84. The highest BCUT2D eigenvalue weighted by Gasteiger charge is 2.11. The number of aromatic nitrogens is 2. The van der Waals surface area contributed by atoms with Gasteiger partial charge in [0.25, 0.3) is 5.91 Å². The Kier molecular flexibility index (Phi) is 8.61. The second-order valence-corrected chi connectivity index (χ2v) is 9.40. The molecule has 0 radical (unpaired) electrons. The smallest absolute Gasteiger partial charge is 0.251 e. The van der Waals surface area contributed by atoms with Crippen LogP contribution in [0.15, 0.2) is 77.3 Å². The molecule has 0 unspecified atom stereocenters. The van der Waals surface area contributed by atoms with Gasteiger partial charge in [-0.25, -0.2) is 4.98 Å². The average molecular weight is 541 g/mol. The van der Waals surface area contributed by atoms with E-state index in [4.69, 9.17) is 21.3 Å². The molecule has 0 aliphatic carbocycles. The van der Waals surface area contributed by atoms with Crippen LogP contribution in [0, 0.1) is 0 Å². The van der Waals surface area contributed by atoms with Crippen LogP contribution in [0.1, 0.15) is 35.4 Å². The molecule has 0 fully saturated rings. The lowest BCUT2D eigenvalue weighted by Gasteiger charge is -2.11. The first-order valence-electron chi connectivity index (χ1n) is 11.5. The van der Waals surface area contributed by atoms with Crippen molar-refractivity contribution in [3.05, 3.63) is 93.7 Å². The normalized spacial score (nSPS) is 11.0. The monoisotopic (exact) mass is 539 g/mol. The Balaban J connectivity index is 1.26. The summed E-state index contributed by atoms with van der Waals surface area (Å²) in [6.45, 7) is 1.94. The Morgan fingerprint density at radius 2 is 1.74 bits per heavy atom. The van der Waals surface area contributed by atoms with Crippen molar-refractivity contribution in [3.63, 3.8) is 0 Å². The second kappa shape index (κ2) is 12.0. The number of fused-ring (bicyclic) bond motifs is 1. The molecular weight excluding hydrogens is 514 g/mol. The van der Waals surface area contributed by atoms with Gasteiger partial charge in [-0.1, -0.05) is 46.1 Å². The van der Waals surface area contributed by atoms with Gasteiger partial charge in [-0.3, -0.25) is 4.79 Å². The van der Waals surface area contributed by atoms with E-state index in [1.165, 1.54) is 0 Å². The number of benzene rings is 3. The zero-order valence-corrected chi connectivity index (χ0v) is 21.2. The van der Waals surface area contributed by atoms with Crippen LogP contribution in [0.3, 0.4) is 0 Å². The fraction of sp³-hybridized carbons (Fsp3) is 0.259. The highest BCUT2D eigenvalue weighted by atomic mass is 79.9. The summed E-state index contributed by atoms with van der Waals surface area (Å²) < 4.78 is 9.13. The topological polar surface area (TPSA) is 56.2 Å². The molecule has 3 aromatic carbocycles. The molecule has 0 bridgehead atoms. The molecule has 1 amide bonds. The van der Waals surface area contributed by atoms with Gasteiger partial charge in [0.15, 0.2) is 0 Å². The van der Waals surface area contributed by atoms with Crippen molar-refractivity contribution < 1.29 is 9.53 Å². The van der Waals surface area contributed by atoms with Crippen LogP contribution in [0.4, 0.5) is 0 Å². The van der Waals surface area contributed by atoms with Gasteiger partial charge in [0, 0.05) is 28.0 Å². The number of nitrogens with zero attached hydrogens (tertiary/aromatic N) is 2. The molecule has 176 valence electrons. The summed E-state index contributed by atoms with van der Waals surface area (Å²) in [6, 6.07) is 23.0. The molecule has 7 heteroatoms. The van der Waals surface area contributed by atoms with E-state index in [1.807, 2.05) is 66.7 Å². The molecule has 0 saturated carbocycles. The van der Waals surface area contributed by atoms with E-state index in [-0.39, 0.29) is 5.91 Å². The summed E-state index contributed by atoms with van der Waals surface area (Å²) >= 11 is 9.34. The first-order chi connectivity index (χ1) is 16.6. The van der Waals surface area contributed by atoms with Crippen molar-refractivity contribution >= 4 is 44.5 Å². The lowest BCUT2D eigenvalue weighted by molar-refractivity contribution is 0.0953. The van der Waals surface area contributed by atoms with Crippen LogP contribution in [-0.2, 0) is 13.0 Å². The number of halogens is 2. The van der Waals surface area contributed by atoms with Gasteiger partial charge < -0.3 is 14.6 Å². The number of rotatable bonds is 11. The quantitative estimate of drug-likeness (QED) is 0.216. The molecule has 0 aliphatic rings. The standard InChI is InChI=1S/C27H27BrClN3O2/c28-21-11-9-20(10-12-21)27(33)30-17-5-1-2-8-26-31-24-6-3-4-7-25(24)32(26)18-19-34-23-15-13-22(29)14-16-23/h3-4,6-7,9-16H,1-2,5,8,17-19H2,(H,30,33). The van der Waals surface area contributed by atoms with Gasteiger partial charge >= 0.3 is 0 Å². The highest BCUT2D eigenvalue weighted by molar-refractivity contribution is 9.10. The number of imidazole rings is 1. The van der Waals surface area contributed by atoms with Crippen LogP contribution in [0.25, 0.3) is 11.0 Å². The fourth-order valence-corrected chi connectivity index (χ4v) is 4.23. The SMILES string of the molecule is O=C(NCCCCCc1nc2ccccc2n1CCOc1ccc(Cl)cc1)c1ccc(Br)cc1. The Morgan fingerprint density at radius 3 is 2.53 bits per heavy atom. The minimum absolute atomic E-state index is 0.0324. The predicted octanol–water partition coefficient (Wildman–Crippen LogP) is 6.67. The van der Waals surface area contributed by atoms with Crippen molar-refractivity contribution in [1.82, 2.24) is 14.9 Å².